The minimum absolute atomic E-state index is 0.0891. The van der Waals surface area contributed by atoms with Crippen molar-refractivity contribution in [2.45, 2.75) is 51.0 Å². The molecule has 2 fully saturated rings. The van der Waals surface area contributed by atoms with Crippen molar-refractivity contribution >= 4 is 5.91 Å². The smallest absolute Gasteiger partial charge is 0.226 e. The van der Waals surface area contributed by atoms with E-state index in [1.807, 2.05) is 11.9 Å². The normalized spacial score (nSPS) is 30.9. The van der Waals surface area contributed by atoms with Crippen LogP contribution in [0.25, 0.3) is 0 Å². The van der Waals surface area contributed by atoms with Crippen LogP contribution in [0.3, 0.4) is 0 Å². The van der Waals surface area contributed by atoms with E-state index in [4.69, 9.17) is 5.73 Å². The highest BCUT2D eigenvalue weighted by Gasteiger charge is 2.31. The average Bonchev–Trinajstić information content (AvgIpc) is 3.05. The minimum atomic E-state index is 0.0891. The molecule has 1 amide bonds. The molecule has 0 spiro atoms. The largest absolute Gasteiger partial charge is 0.345 e. The van der Waals surface area contributed by atoms with E-state index in [-0.39, 0.29) is 12.0 Å². The third-order valence-corrected chi connectivity index (χ3v) is 3.99. The molecule has 2 rings (SSSR count). The lowest BCUT2D eigenvalue weighted by Crippen LogP contribution is -2.42. The fourth-order valence-corrected chi connectivity index (χ4v) is 2.70. The van der Waals surface area contributed by atoms with E-state index in [1.54, 1.807) is 0 Å². The molecule has 0 aromatic rings. The third-order valence-electron chi connectivity index (χ3n) is 3.99. The second-order valence-electron chi connectivity index (χ2n) is 5.57. The fourth-order valence-electron chi connectivity index (χ4n) is 2.70. The Morgan fingerprint density at radius 2 is 1.88 bits per heavy atom. The summed E-state index contributed by atoms with van der Waals surface area (Å²) in [6.07, 6.45) is 8.22. The molecule has 2 saturated carbocycles. The van der Waals surface area contributed by atoms with E-state index >= 15 is 0 Å². The first-order valence-electron chi connectivity index (χ1n) is 6.69. The lowest BCUT2D eigenvalue weighted by molar-refractivity contribution is -0.135. The molecule has 0 radical (unpaired) electrons. The maximum atomic E-state index is 12.3. The quantitative estimate of drug-likeness (QED) is 0.743. The monoisotopic (exact) mass is 224 g/mol. The lowest BCUT2D eigenvalue weighted by atomic mass is 9.94. The highest BCUT2D eigenvalue weighted by Crippen LogP contribution is 2.30. The predicted molar refractivity (Wildman–Crippen MR) is 64.9 cm³/mol. The van der Waals surface area contributed by atoms with Gasteiger partial charge in [-0.05, 0) is 31.6 Å². The Balaban J connectivity index is 1.89. The van der Waals surface area contributed by atoms with Gasteiger partial charge in [0, 0.05) is 19.6 Å². The van der Waals surface area contributed by atoms with Crippen LogP contribution < -0.4 is 5.73 Å². The van der Waals surface area contributed by atoms with Gasteiger partial charge in [0.2, 0.25) is 5.91 Å². The number of hydrogen-bond acceptors (Lipinski definition) is 2. The van der Waals surface area contributed by atoms with Crippen LogP contribution >= 0.6 is 0 Å². The molecule has 2 atom stereocenters. The molecule has 16 heavy (non-hydrogen) atoms. The summed E-state index contributed by atoms with van der Waals surface area (Å²) in [5, 5.41) is 0. The maximum Gasteiger partial charge on any atom is 0.226 e. The minimum Gasteiger partial charge on any atom is -0.345 e. The summed E-state index contributed by atoms with van der Waals surface area (Å²) < 4.78 is 0. The van der Waals surface area contributed by atoms with E-state index in [2.05, 4.69) is 0 Å². The Kier molecular flexibility index (Phi) is 3.85. The standard InChI is InChI=1S/C13H24N2O/c1-15(9-10-7-8-10)13(16)11-5-3-2-4-6-12(11)14/h10-12H,2-9,14H2,1H3. The van der Waals surface area contributed by atoms with Crippen LogP contribution in [0.5, 0.6) is 0 Å². The van der Waals surface area contributed by atoms with Crippen molar-refractivity contribution < 1.29 is 4.79 Å². The van der Waals surface area contributed by atoms with Crippen molar-refractivity contribution in [1.29, 1.82) is 0 Å². The molecule has 3 nitrogen and oxygen atoms in total. The molecule has 3 heteroatoms. The van der Waals surface area contributed by atoms with E-state index in [0.29, 0.717) is 5.91 Å². The number of amides is 1. The van der Waals surface area contributed by atoms with Gasteiger partial charge in [-0.3, -0.25) is 4.79 Å². The van der Waals surface area contributed by atoms with Crippen LogP contribution in [0, 0.1) is 11.8 Å². The first kappa shape index (κ1) is 11.9. The topological polar surface area (TPSA) is 46.3 Å². The second kappa shape index (κ2) is 5.17. The fraction of sp³-hybridized carbons (Fsp3) is 0.923. The molecule has 0 aromatic carbocycles. The van der Waals surface area contributed by atoms with Gasteiger partial charge < -0.3 is 10.6 Å². The molecule has 0 bridgehead atoms. The van der Waals surface area contributed by atoms with Crippen LogP contribution in [0.4, 0.5) is 0 Å². The Morgan fingerprint density at radius 3 is 2.56 bits per heavy atom. The van der Waals surface area contributed by atoms with Gasteiger partial charge >= 0.3 is 0 Å². The molecule has 0 saturated heterocycles. The third kappa shape index (κ3) is 2.97. The van der Waals surface area contributed by atoms with Gasteiger partial charge in [-0.25, -0.2) is 0 Å². The molecule has 0 aromatic heterocycles. The summed E-state index contributed by atoms with van der Waals surface area (Å²) in [6, 6.07) is 0.0941. The molecule has 92 valence electrons. The molecule has 0 aliphatic heterocycles. The zero-order valence-corrected chi connectivity index (χ0v) is 10.3. The number of nitrogens with zero attached hydrogens (tertiary/aromatic N) is 1. The van der Waals surface area contributed by atoms with Crippen molar-refractivity contribution in [2.75, 3.05) is 13.6 Å². The zero-order chi connectivity index (χ0) is 11.5. The molecule has 0 heterocycles. The van der Waals surface area contributed by atoms with E-state index in [1.165, 1.54) is 32.1 Å². The summed E-state index contributed by atoms with van der Waals surface area (Å²) >= 11 is 0. The summed E-state index contributed by atoms with van der Waals surface area (Å²) in [4.78, 5) is 14.2. The number of nitrogens with two attached hydrogens (primary N) is 1. The number of rotatable bonds is 3. The summed E-state index contributed by atoms with van der Waals surface area (Å²) in [5.74, 6) is 1.16. The van der Waals surface area contributed by atoms with Crippen LogP contribution in [-0.2, 0) is 4.79 Å². The summed E-state index contributed by atoms with van der Waals surface area (Å²) in [5.41, 5.74) is 6.12. The first-order chi connectivity index (χ1) is 7.68. The van der Waals surface area contributed by atoms with E-state index in [0.717, 1.165) is 25.3 Å². The van der Waals surface area contributed by atoms with Gasteiger partial charge in [0.15, 0.2) is 0 Å². The van der Waals surface area contributed by atoms with Crippen LogP contribution in [-0.4, -0.2) is 30.4 Å². The second-order valence-corrected chi connectivity index (χ2v) is 5.57. The Hall–Kier alpha value is -0.570. The average molecular weight is 224 g/mol. The van der Waals surface area contributed by atoms with Crippen molar-refractivity contribution in [3.8, 4) is 0 Å². The molecular weight excluding hydrogens is 200 g/mol. The molecule has 2 unspecified atom stereocenters. The Morgan fingerprint density at radius 1 is 1.19 bits per heavy atom. The Labute approximate surface area is 98.4 Å². The number of hydrogen-bond donors (Lipinski definition) is 1. The van der Waals surface area contributed by atoms with Gasteiger partial charge in [0.25, 0.3) is 0 Å². The first-order valence-corrected chi connectivity index (χ1v) is 6.69. The number of carbonyl (C=O) groups is 1. The van der Waals surface area contributed by atoms with Crippen molar-refractivity contribution in [2.24, 2.45) is 17.6 Å². The Bertz CT molecular complexity index is 250. The molecular formula is C13H24N2O. The molecule has 2 aliphatic carbocycles. The van der Waals surface area contributed by atoms with Gasteiger partial charge in [-0.15, -0.1) is 0 Å². The van der Waals surface area contributed by atoms with Crippen molar-refractivity contribution in [3.63, 3.8) is 0 Å². The maximum absolute atomic E-state index is 12.3. The predicted octanol–water partition coefficient (Wildman–Crippen LogP) is 1.76. The van der Waals surface area contributed by atoms with Crippen molar-refractivity contribution in [1.82, 2.24) is 4.90 Å². The highest BCUT2D eigenvalue weighted by molar-refractivity contribution is 5.79. The van der Waals surface area contributed by atoms with E-state index < -0.39 is 0 Å². The number of carbonyl (C=O) groups excluding carboxylic acids is 1. The summed E-state index contributed by atoms with van der Waals surface area (Å²) in [7, 11) is 1.94. The van der Waals surface area contributed by atoms with Crippen LogP contribution in [0.1, 0.15) is 44.9 Å². The van der Waals surface area contributed by atoms with E-state index in [9.17, 15) is 4.79 Å². The van der Waals surface area contributed by atoms with Crippen LogP contribution in [0.15, 0.2) is 0 Å². The molecule has 2 N–H and O–H groups in total. The SMILES string of the molecule is CN(CC1CC1)C(=O)C1CCCCCC1N. The van der Waals surface area contributed by atoms with Gasteiger partial charge in [-0.1, -0.05) is 19.3 Å². The van der Waals surface area contributed by atoms with Crippen molar-refractivity contribution in [3.05, 3.63) is 0 Å². The van der Waals surface area contributed by atoms with Gasteiger partial charge in [0.05, 0.1) is 5.92 Å². The van der Waals surface area contributed by atoms with Gasteiger partial charge in [-0.2, -0.15) is 0 Å². The lowest BCUT2D eigenvalue weighted by Gasteiger charge is -2.26. The zero-order valence-electron chi connectivity index (χ0n) is 10.3. The molecule has 2 aliphatic rings. The summed E-state index contributed by atoms with van der Waals surface area (Å²) in [6.45, 7) is 0.946. The highest BCUT2D eigenvalue weighted by atomic mass is 16.2. The van der Waals surface area contributed by atoms with Gasteiger partial charge in [0.1, 0.15) is 0 Å². The van der Waals surface area contributed by atoms with Crippen LogP contribution in [0.2, 0.25) is 0 Å².